The molecule has 8 nitrogen and oxygen atoms in total. The molecular formula is C10H18N4O4S2. The van der Waals surface area contributed by atoms with E-state index in [1.54, 1.807) is 0 Å². The Labute approximate surface area is 125 Å². The maximum absolute atomic E-state index is 11.2. The fraction of sp³-hybridized carbons (Fsp3) is 0.600. The highest BCUT2D eigenvalue weighted by molar-refractivity contribution is 8.03. The highest BCUT2D eigenvalue weighted by Gasteiger charge is 2.04. The van der Waals surface area contributed by atoms with Gasteiger partial charge in [-0.3, -0.25) is 19.2 Å². The van der Waals surface area contributed by atoms with Crippen LogP contribution in [0.1, 0.15) is 0 Å². The second kappa shape index (κ2) is 11.4. The third-order valence-corrected chi connectivity index (χ3v) is 3.93. The van der Waals surface area contributed by atoms with E-state index in [-0.39, 0.29) is 36.4 Å². The Kier molecular flexibility index (Phi) is 10.6. The first-order valence-corrected chi connectivity index (χ1v) is 7.98. The number of amides is 4. The van der Waals surface area contributed by atoms with E-state index in [0.29, 0.717) is 11.5 Å². The van der Waals surface area contributed by atoms with Gasteiger partial charge in [-0.15, -0.1) is 0 Å². The fourth-order valence-corrected chi connectivity index (χ4v) is 2.73. The molecule has 0 heterocycles. The molecule has 0 atom stereocenters. The molecule has 10 heteroatoms. The Morgan fingerprint density at radius 2 is 1.10 bits per heavy atom. The van der Waals surface area contributed by atoms with Crippen molar-refractivity contribution in [3.8, 4) is 0 Å². The molecule has 0 rings (SSSR count). The predicted octanol–water partition coefficient (Wildman–Crippen LogP) is -2.34. The van der Waals surface area contributed by atoms with Gasteiger partial charge in [0, 0.05) is 11.5 Å². The van der Waals surface area contributed by atoms with Crippen molar-refractivity contribution in [2.75, 3.05) is 36.1 Å². The van der Waals surface area contributed by atoms with E-state index in [9.17, 15) is 19.2 Å². The first kappa shape index (κ1) is 18.6. The van der Waals surface area contributed by atoms with Crippen LogP contribution in [0.4, 0.5) is 0 Å². The molecule has 0 aromatic heterocycles. The minimum Gasteiger partial charge on any atom is -0.368 e. The molecule has 6 N–H and O–H groups in total. The van der Waals surface area contributed by atoms with Gasteiger partial charge in [0.05, 0.1) is 24.6 Å². The molecule has 0 radical (unpaired) electrons. The molecule has 0 unspecified atom stereocenters. The van der Waals surface area contributed by atoms with Gasteiger partial charge in [0.2, 0.25) is 23.6 Å². The summed E-state index contributed by atoms with van der Waals surface area (Å²) in [5, 5.41) is 4.74. The number of nitrogens with one attached hydrogen (secondary N) is 2. The van der Waals surface area contributed by atoms with Crippen molar-refractivity contribution in [2.45, 2.75) is 0 Å². The molecule has 114 valence electrons. The molecule has 0 saturated carbocycles. The number of carbonyl (C=O) groups is 4. The van der Waals surface area contributed by atoms with E-state index in [1.165, 1.54) is 23.5 Å². The number of carbonyl (C=O) groups excluding carboxylic acids is 4. The molecule has 0 spiro atoms. The van der Waals surface area contributed by atoms with Gasteiger partial charge in [-0.05, 0) is 0 Å². The molecule has 4 amide bonds. The summed E-state index contributed by atoms with van der Waals surface area (Å²) in [7, 11) is 0. The molecule has 0 aliphatic carbocycles. The van der Waals surface area contributed by atoms with Crippen molar-refractivity contribution in [2.24, 2.45) is 11.5 Å². The number of nitrogens with two attached hydrogens (primary N) is 2. The van der Waals surface area contributed by atoms with Crippen LogP contribution in [0.2, 0.25) is 0 Å². The number of hydrogen-bond donors (Lipinski definition) is 4. The highest BCUT2D eigenvalue weighted by Crippen LogP contribution is 2.06. The Morgan fingerprint density at radius 3 is 1.40 bits per heavy atom. The Morgan fingerprint density at radius 1 is 0.750 bits per heavy atom. The SMILES string of the molecule is NC(=O)CNC(=O)CSCCSCC(=O)NCC(N)=O. The van der Waals surface area contributed by atoms with Crippen LogP contribution in [0.5, 0.6) is 0 Å². The lowest BCUT2D eigenvalue weighted by molar-refractivity contribution is -0.123. The zero-order valence-corrected chi connectivity index (χ0v) is 12.5. The molecule has 0 aromatic carbocycles. The van der Waals surface area contributed by atoms with E-state index in [4.69, 9.17) is 11.5 Å². The van der Waals surface area contributed by atoms with Crippen molar-refractivity contribution < 1.29 is 19.2 Å². The zero-order chi connectivity index (χ0) is 15.4. The van der Waals surface area contributed by atoms with Gasteiger partial charge < -0.3 is 22.1 Å². The van der Waals surface area contributed by atoms with Crippen LogP contribution in [0.3, 0.4) is 0 Å². The third kappa shape index (κ3) is 13.0. The van der Waals surface area contributed by atoms with Crippen LogP contribution in [-0.4, -0.2) is 59.7 Å². The summed E-state index contributed by atoms with van der Waals surface area (Å²) in [6.07, 6.45) is 0. The molecular weight excluding hydrogens is 304 g/mol. The lowest BCUT2D eigenvalue weighted by Gasteiger charge is -2.04. The van der Waals surface area contributed by atoms with E-state index < -0.39 is 11.8 Å². The van der Waals surface area contributed by atoms with Crippen LogP contribution in [-0.2, 0) is 19.2 Å². The summed E-state index contributed by atoms with van der Waals surface area (Å²) in [5.74, 6) is 0.191. The monoisotopic (exact) mass is 322 g/mol. The van der Waals surface area contributed by atoms with E-state index in [2.05, 4.69) is 10.6 Å². The molecule has 0 saturated heterocycles. The minimum absolute atomic E-state index is 0.159. The van der Waals surface area contributed by atoms with Gasteiger partial charge in [-0.1, -0.05) is 0 Å². The van der Waals surface area contributed by atoms with E-state index in [0.717, 1.165) is 0 Å². The number of primary amides is 2. The maximum atomic E-state index is 11.2. The van der Waals surface area contributed by atoms with Crippen molar-refractivity contribution in [3.05, 3.63) is 0 Å². The van der Waals surface area contributed by atoms with E-state index >= 15 is 0 Å². The standard InChI is InChI=1S/C10H18N4O4S2/c11-7(15)3-13-9(17)5-19-1-2-20-6-10(18)14-4-8(12)16/h1-6H2,(H2,11,15)(H2,12,16)(H,13,17)(H,14,18). The van der Waals surface area contributed by atoms with Crippen molar-refractivity contribution in [3.63, 3.8) is 0 Å². The topological polar surface area (TPSA) is 144 Å². The number of hydrogen-bond acceptors (Lipinski definition) is 6. The average Bonchev–Trinajstić information content (AvgIpc) is 2.37. The van der Waals surface area contributed by atoms with Crippen LogP contribution < -0.4 is 22.1 Å². The number of rotatable bonds is 11. The van der Waals surface area contributed by atoms with Gasteiger partial charge in [0.15, 0.2) is 0 Å². The Hall–Kier alpha value is -1.42. The quantitative estimate of drug-likeness (QED) is 0.314. The third-order valence-electron chi connectivity index (χ3n) is 1.76. The van der Waals surface area contributed by atoms with Gasteiger partial charge in [-0.2, -0.15) is 23.5 Å². The lowest BCUT2D eigenvalue weighted by Crippen LogP contribution is -2.34. The summed E-state index contributed by atoms with van der Waals surface area (Å²) < 4.78 is 0. The van der Waals surface area contributed by atoms with Crippen molar-refractivity contribution >= 4 is 47.2 Å². The number of thioether (sulfide) groups is 2. The molecule has 0 bridgehead atoms. The van der Waals surface area contributed by atoms with Crippen molar-refractivity contribution in [1.82, 2.24) is 10.6 Å². The lowest BCUT2D eigenvalue weighted by atomic mass is 10.6. The minimum atomic E-state index is -0.583. The van der Waals surface area contributed by atoms with E-state index in [1.807, 2.05) is 0 Å². The zero-order valence-electron chi connectivity index (χ0n) is 10.8. The second-order valence-electron chi connectivity index (χ2n) is 3.59. The van der Waals surface area contributed by atoms with Crippen LogP contribution in [0, 0.1) is 0 Å². The van der Waals surface area contributed by atoms with Crippen LogP contribution in [0.25, 0.3) is 0 Å². The predicted molar refractivity (Wildman–Crippen MR) is 79.1 cm³/mol. The van der Waals surface area contributed by atoms with Crippen LogP contribution in [0.15, 0.2) is 0 Å². The largest absolute Gasteiger partial charge is 0.368 e. The maximum Gasteiger partial charge on any atom is 0.236 e. The first-order chi connectivity index (χ1) is 9.41. The average molecular weight is 322 g/mol. The molecule has 0 fully saturated rings. The van der Waals surface area contributed by atoms with Gasteiger partial charge >= 0.3 is 0 Å². The Bertz CT molecular complexity index is 331. The summed E-state index contributed by atoms with van der Waals surface area (Å²) in [6, 6.07) is 0. The van der Waals surface area contributed by atoms with Gasteiger partial charge in [0.1, 0.15) is 0 Å². The smallest absolute Gasteiger partial charge is 0.236 e. The van der Waals surface area contributed by atoms with Crippen LogP contribution >= 0.6 is 23.5 Å². The summed E-state index contributed by atoms with van der Waals surface area (Å²) in [6.45, 7) is -0.317. The fourth-order valence-electron chi connectivity index (χ4n) is 0.921. The Balaban J connectivity index is 3.39. The normalized spacial score (nSPS) is 9.80. The van der Waals surface area contributed by atoms with Gasteiger partial charge in [-0.25, -0.2) is 0 Å². The van der Waals surface area contributed by atoms with Gasteiger partial charge in [0.25, 0.3) is 0 Å². The molecule has 0 aliphatic heterocycles. The molecule has 20 heavy (non-hydrogen) atoms. The summed E-state index contributed by atoms with van der Waals surface area (Å²) >= 11 is 2.78. The highest BCUT2D eigenvalue weighted by atomic mass is 32.2. The molecule has 0 aliphatic rings. The summed E-state index contributed by atoms with van der Waals surface area (Å²) in [4.78, 5) is 43.2. The summed E-state index contributed by atoms with van der Waals surface area (Å²) in [5.41, 5.74) is 9.75. The first-order valence-electron chi connectivity index (χ1n) is 5.67. The van der Waals surface area contributed by atoms with Crippen molar-refractivity contribution in [1.29, 1.82) is 0 Å². The second-order valence-corrected chi connectivity index (χ2v) is 5.80. The molecule has 0 aromatic rings.